The van der Waals surface area contributed by atoms with Gasteiger partial charge in [-0.1, -0.05) is 37.3 Å². The van der Waals surface area contributed by atoms with Crippen LogP contribution in [0.5, 0.6) is 0 Å². The van der Waals surface area contributed by atoms with Crippen molar-refractivity contribution < 1.29 is 14.5 Å². The molecule has 0 spiro atoms. The van der Waals surface area contributed by atoms with Crippen LogP contribution in [0.2, 0.25) is 0 Å². The molecule has 1 atom stereocenters. The number of hydrogen-bond acceptors (Lipinski definition) is 4. The second kappa shape index (κ2) is 10.2. The quantitative estimate of drug-likeness (QED) is 0.684. The van der Waals surface area contributed by atoms with Gasteiger partial charge in [-0.2, -0.15) is 0 Å². The van der Waals surface area contributed by atoms with Crippen LogP contribution in [0, 0.1) is 6.92 Å². The first-order valence-electron chi connectivity index (χ1n) is 9.25. The van der Waals surface area contributed by atoms with Gasteiger partial charge in [0.2, 0.25) is 11.8 Å². The van der Waals surface area contributed by atoms with Crippen molar-refractivity contribution in [1.82, 2.24) is 9.88 Å². The lowest BCUT2D eigenvalue weighted by Crippen LogP contribution is -3.06. The summed E-state index contributed by atoms with van der Waals surface area (Å²) in [5, 5.41) is 5.25. The Balaban J connectivity index is 2.11. The number of quaternary nitrogens is 1. The lowest BCUT2D eigenvalue weighted by atomic mass is 9.95. The van der Waals surface area contributed by atoms with Gasteiger partial charge in [-0.15, -0.1) is 11.3 Å². The minimum atomic E-state index is -0.238. The van der Waals surface area contributed by atoms with Gasteiger partial charge in [-0.3, -0.25) is 9.59 Å². The standard InChI is InChI=1S/C20H28N4O2S/c1-5-17(16-9-7-6-8-10-16)19(26)24(12-11-23(3)4)13-18(25)22-20-21-15(2)14-27-20/h6-10,14,17H,5,11-13H2,1-4H3,(H,21,22,25)/p+1/t17-/m0/s1. The maximum atomic E-state index is 13.2. The van der Waals surface area contributed by atoms with Crippen LogP contribution < -0.4 is 10.2 Å². The van der Waals surface area contributed by atoms with E-state index in [1.165, 1.54) is 16.2 Å². The van der Waals surface area contributed by atoms with Crippen molar-refractivity contribution in [3.8, 4) is 0 Å². The van der Waals surface area contributed by atoms with E-state index in [1.807, 2.05) is 63.7 Å². The van der Waals surface area contributed by atoms with Crippen LogP contribution >= 0.6 is 11.3 Å². The van der Waals surface area contributed by atoms with Gasteiger partial charge in [0.25, 0.3) is 0 Å². The van der Waals surface area contributed by atoms with Crippen molar-refractivity contribution in [3.63, 3.8) is 0 Å². The molecule has 0 radical (unpaired) electrons. The number of nitrogens with one attached hydrogen (secondary N) is 2. The number of anilines is 1. The number of carbonyl (C=O) groups excluding carboxylic acids is 2. The molecule has 1 aromatic carbocycles. The van der Waals surface area contributed by atoms with Crippen LogP contribution in [0.1, 0.15) is 30.5 Å². The van der Waals surface area contributed by atoms with E-state index in [0.717, 1.165) is 17.8 Å². The zero-order valence-corrected chi connectivity index (χ0v) is 17.3. The Bertz CT molecular complexity index is 745. The second-order valence-corrected chi connectivity index (χ2v) is 7.79. The summed E-state index contributed by atoms with van der Waals surface area (Å²) in [5.74, 6) is -0.456. The number of hydrogen-bond donors (Lipinski definition) is 2. The number of rotatable bonds is 9. The highest BCUT2D eigenvalue weighted by molar-refractivity contribution is 7.13. The molecule has 0 aliphatic heterocycles. The molecule has 0 saturated heterocycles. The Kier molecular flexibility index (Phi) is 7.94. The molecule has 2 N–H and O–H groups in total. The van der Waals surface area contributed by atoms with Gasteiger partial charge in [-0.05, 0) is 18.9 Å². The molecule has 2 aromatic rings. The molecule has 2 rings (SSSR count). The molecular weight excluding hydrogens is 360 g/mol. The number of amides is 2. The summed E-state index contributed by atoms with van der Waals surface area (Å²) in [5.41, 5.74) is 1.86. The first kappa shape index (κ1) is 21.1. The third-order valence-corrected chi connectivity index (χ3v) is 5.18. The van der Waals surface area contributed by atoms with E-state index < -0.39 is 0 Å². The Hall–Kier alpha value is -2.25. The van der Waals surface area contributed by atoms with Gasteiger partial charge in [-0.25, -0.2) is 4.98 Å². The molecule has 2 amide bonds. The normalized spacial score (nSPS) is 12.0. The zero-order valence-electron chi connectivity index (χ0n) is 16.5. The predicted molar refractivity (Wildman–Crippen MR) is 109 cm³/mol. The monoisotopic (exact) mass is 389 g/mol. The zero-order chi connectivity index (χ0) is 19.8. The first-order chi connectivity index (χ1) is 12.9. The van der Waals surface area contributed by atoms with Crippen molar-refractivity contribution in [2.24, 2.45) is 0 Å². The molecule has 1 aromatic heterocycles. The van der Waals surface area contributed by atoms with Crippen LogP contribution in [-0.4, -0.2) is 55.4 Å². The topological polar surface area (TPSA) is 66.7 Å². The fraction of sp³-hybridized carbons (Fsp3) is 0.450. The van der Waals surface area contributed by atoms with E-state index in [4.69, 9.17) is 0 Å². The lowest BCUT2D eigenvalue weighted by Gasteiger charge is -2.27. The lowest BCUT2D eigenvalue weighted by molar-refractivity contribution is -0.857. The van der Waals surface area contributed by atoms with Crippen LogP contribution in [0.3, 0.4) is 0 Å². The third kappa shape index (κ3) is 6.45. The fourth-order valence-corrected chi connectivity index (χ4v) is 3.53. The molecule has 27 heavy (non-hydrogen) atoms. The molecule has 6 nitrogen and oxygen atoms in total. The number of carbonyl (C=O) groups is 2. The summed E-state index contributed by atoms with van der Waals surface area (Å²) in [6.45, 7) is 5.24. The summed E-state index contributed by atoms with van der Waals surface area (Å²) >= 11 is 1.39. The van der Waals surface area contributed by atoms with E-state index in [-0.39, 0.29) is 24.3 Å². The van der Waals surface area contributed by atoms with E-state index in [0.29, 0.717) is 18.1 Å². The first-order valence-corrected chi connectivity index (χ1v) is 10.1. The molecule has 0 unspecified atom stereocenters. The number of nitrogens with zero attached hydrogens (tertiary/aromatic N) is 2. The highest BCUT2D eigenvalue weighted by Gasteiger charge is 2.26. The largest absolute Gasteiger partial charge is 0.338 e. The summed E-state index contributed by atoms with van der Waals surface area (Å²) in [7, 11) is 4.07. The number of aromatic nitrogens is 1. The van der Waals surface area contributed by atoms with Gasteiger partial charge in [0, 0.05) is 5.38 Å². The smallest absolute Gasteiger partial charge is 0.245 e. The fourth-order valence-electron chi connectivity index (χ4n) is 2.83. The Labute approximate surface area is 165 Å². The summed E-state index contributed by atoms with van der Waals surface area (Å²) < 4.78 is 0. The van der Waals surface area contributed by atoms with Crippen molar-refractivity contribution in [1.29, 1.82) is 0 Å². The Morgan fingerprint density at radius 1 is 1.26 bits per heavy atom. The molecule has 0 aliphatic rings. The van der Waals surface area contributed by atoms with Gasteiger partial charge in [0.05, 0.1) is 38.8 Å². The van der Waals surface area contributed by atoms with E-state index in [1.54, 1.807) is 4.90 Å². The molecule has 0 bridgehead atoms. The van der Waals surface area contributed by atoms with Gasteiger partial charge in [0.15, 0.2) is 5.13 Å². The summed E-state index contributed by atoms with van der Waals surface area (Å²) in [4.78, 5) is 32.8. The molecule has 0 fully saturated rings. The van der Waals surface area contributed by atoms with E-state index >= 15 is 0 Å². The average molecular weight is 390 g/mol. The summed E-state index contributed by atoms with van der Waals surface area (Å²) in [6.07, 6.45) is 0.696. The highest BCUT2D eigenvalue weighted by atomic mass is 32.1. The number of aryl methyl sites for hydroxylation is 1. The molecule has 1 heterocycles. The molecule has 7 heteroatoms. The number of likely N-dealkylation sites (N-methyl/N-ethyl adjacent to an activating group) is 1. The minimum absolute atomic E-state index is 0.00424. The van der Waals surface area contributed by atoms with Crippen LogP contribution in [0.15, 0.2) is 35.7 Å². The molecular formula is C20H29N4O2S+. The van der Waals surface area contributed by atoms with Gasteiger partial charge in [0.1, 0.15) is 6.54 Å². The van der Waals surface area contributed by atoms with Crippen molar-refractivity contribution in [2.45, 2.75) is 26.2 Å². The Morgan fingerprint density at radius 3 is 2.52 bits per heavy atom. The Morgan fingerprint density at radius 2 is 1.96 bits per heavy atom. The van der Waals surface area contributed by atoms with Crippen LogP contribution in [0.4, 0.5) is 5.13 Å². The average Bonchev–Trinajstić information content (AvgIpc) is 3.04. The highest BCUT2D eigenvalue weighted by Crippen LogP contribution is 2.22. The molecule has 0 aliphatic carbocycles. The van der Waals surface area contributed by atoms with Gasteiger partial charge < -0.3 is 15.1 Å². The van der Waals surface area contributed by atoms with E-state index in [9.17, 15) is 9.59 Å². The van der Waals surface area contributed by atoms with Crippen molar-refractivity contribution in [3.05, 3.63) is 47.0 Å². The maximum absolute atomic E-state index is 13.2. The summed E-state index contributed by atoms with van der Waals surface area (Å²) in [6, 6.07) is 9.77. The third-order valence-electron chi connectivity index (χ3n) is 4.30. The van der Waals surface area contributed by atoms with Crippen LogP contribution in [-0.2, 0) is 9.59 Å². The molecule has 0 saturated carbocycles. The SMILES string of the molecule is CC[C@H](C(=O)N(CC[NH+](C)C)CC(=O)Nc1nc(C)cs1)c1ccccc1. The maximum Gasteiger partial charge on any atom is 0.245 e. The minimum Gasteiger partial charge on any atom is -0.338 e. The number of benzene rings is 1. The van der Waals surface area contributed by atoms with Crippen molar-refractivity contribution >= 4 is 28.3 Å². The van der Waals surface area contributed by atoms with E-state index in [2.05, 4.69) is 10.3 Å². The molecule has 146 valence electrons. The van der Waals surface area contributed by atoms with Gasteiger partial charge >= 0.3 is 0 Å². The predicted octanol–water partition coefficient (Wildman–Crippen LogP) is 1.56. The van der Waals surface area contributed by atoms with Crippen molar-refractivity contribution in [2.75, 3.05) is 39.0 Å². The number of thiazole rings is 1. The second-order valence-electron chi connectivity index (χ2n) is 6.93. The van der Waals surface area contributed by atoms with Crippen LogP contribution in [0.25, 0.3) is 0 Å².